The summed E-state index contributed by atoms with van der Waals surface area (Å²) in [6.07, 6.45) is 3.22. The Kier molecular flexibility index (Phi) is 5.21. The number of rotatable bonds is 3. The molecule has 2 aromatic rings. The van der Waals surface area contributed by atoms with Gasteiger partial charge in [0.1, 0.15) is 0 Å². The molecule has 0 aromatic heterocycles. The summed E-state index contributed by atoms with van der Waals surface area (Å²) in [7, 11) is 0. The van der Waals surface area contributed by atoms with Crippen molar-refractivity contribution in [2.24, 2.45) is 0 Å². The Balaban J connectivity index is 1.35. The van der Waals surface area contributed by atoms with Crippen LogP contribution in [0.15, 0.2) is 48.5 Å². The second kappa shape index (κ2) is 7.94. The van der Waals surface area contributed by atoms with E-state index in [0.29, 0.717) is 48.3 Å². The van der Waals surface area contributed by atoms with Crippen molar-refractivity contribution in [3.05, 3.63) is 64.7 Å². The maximum atomic E-state index is 12.5. The summed E-state index contributed by atoms with van der Waals surface area (Å²) in [5.74, 6) is 1.01. The average molecular weight is 399 g/mol. The van der Waals surface area contributed by atoms with Crippen LogP contribution in [0.3, 0.4) is 0 Å². The fourth-order valence-electron chi connectivity index (χ4n) is 3.25. The predicted octanol–water partition coefficient (Wildman–Crippen LogP) is 3.07. The van der Waals surface area contributed by atoms with Crippen LogP contribution in [0.4, 0.5) is 0 Å². The molecule has 0 spiro atoms. The van der Waals surface area contributed by atoms with E-state index in [2.05, 4.69) is 0 Å². The third kappa shape index (κ3) is 3.82. The second-order valence-corrected chi connectivity index (χ2v) is 6.96. The number of hydrogen-bond donors (Lipinski definition) is 0. The van der Waals surface area contributed by atoms with Gasteiger partial charge in [0.05, 0.1) is 5.02 Å². The van der Waals surface area contributed by atoms with Crippen LogP contribution in [0.5, 0.6) is 11.5 Å². The average Bonchev–Trinajstić information content (AvgIpc) is 3.21. The molecule has 0 atom stereocenters. The molecule has 28 heavy (non-hydrogen) atoms. The molecule has 0 unspecified atom stereocenters. The van der Waals surface area contributed by atoms with E-state index in [0.717, 1.165) is 5.56 Å². The minimum Gasteiger partial charge on any atom is -0.454 e. The lowest BCUT2D eigenvalue weighted by molar-refractivity contribution is -0.127. The maximum absolute atomic E-state index is 12.5. The molecule has 7 heteroatoms. The molecule has 1 fully saturated rings. The Morgan fingerprint density at radius 1 is 0.964 bits per heavy atom. The third-order valence-corrected chi connectivity index (χ3v) is 5.05. The number of nitrogens with zero attached hydrogens (tertiary/aromatic N) is 2. The van der Waals surface area contributed by atoms with Crippen LogP contribution in [0.25, 0.3) is 6.08 Å². The van der Waals surface area contributed by atoms with Crippen LogP contribution in [0.2, 0.25) is 5.02 Å². The number of piperazine rings is 1. The van der Waals surface area contributed by atoms with E-state index in [1.807, 2.05) is 18.2 Å². The first-order valence-corrected chi connectivity index (χ1v) is 9.40. The van der Waals surface area contributed by atoms with Crippen LogP contribution >= 0.6 is 11.6 Å². The van der Waals surface area contributed by atoms with Crippen LogP contribution in [-0.4, -0.2) is 54.6 Å². The van der Waals surface area contributed by atoms with Gasteiger partial charge in [0.2, 0.25) is 12.7 Å². The van der Waals surface area contributed by atoms with E-state index in [4.69, 9.17) is 21.1 Å². The first kappa shape index (κ1) is 18.4. The van der Waals surface area contributed by atoms with Crippen LogP contribution in [0.1, 0.15) is 15.9 Å². The van der Waals surface area contributed by atoms with Gasteiger partial charge in [-0.25, -0.2) is 0 Å². The molecule has 2 heterocycles. The highest BCUT2D eigenvalue weighted by molar-refractivity contribution is 6.32. The summed E-state index contributed by atoms with van der Waals surface area (Å²) in [4.78, 5) is 28.5. The maximum Gasteiger partial charge on any atom is 0.253 e. The smallest absolute Gasteiger partial charge is 0.253 e. The van der Waals surface area contributed by atoms with Crippen molar-refractivity contribution in [2.75, 3.05) is 33.0 Å². The summed E-state index contributed by atoms with van der Waals surface area (Å²) >= 11 is 6.16. The zero-order chi connectivity index (χ0) is 19.5. The lowest BCUT2D eigenvalue weighted by Gasteiger charge is -2.34. The predicted molar refractivity (Wildman–Crippen MR) is 106 cm³/mol. The molecule has 4 rings (SSSR count). The van der Waals surface area contributed by atoms with Crippen LogP contribution in [-0.2, 0) is 4.79 Å². The number of amides is 2. The Labute approximate surface area is 167 Å². The molecule has 144 valence electrons. The molecule has 6 nitrogen and oxygen atoms in total. The fourth-order valence-corrected chi connectivity index (χ4v) is 3.52. The zero-order valence-electron chi connectivity index (χ0n) is 15.1. The molecule has 0 bridgehead atoms. The minimum absolute atomic E-state index is 0.00163. The highest BCUT2D eigenvalue weighted by Gasteiger charge is 2.24. The van der Waals surface area contributed by atoms with Gasteiger partial charge in [-0.05, 0) is 35.9 Å². The van der Waals surface area contributed by atoms with Gasteiger partial charge in [0, 0.05) is 37.8 Å². The van der Waals surface area contributed by atoms with Crippen molar-refractivity contribution in [3.63, 3.8) is 0 Å². The number of carbonyl (C=O) groups is 2. The normalized spacial score (nSPS) is 15.9. The van der Waals surface area contributed by atoms with Gasteiger partial charge in [-0.3, -0.25) is 9.59 Å². The summed E-state index contributed by atoms with van der Waals surface area (Å²) in [5.41, 5.74) is 1.43. The highest BCUT2D eigenvalue weighted by atomic mass is 35.5. The Morgan fingerprint density at radius 2 is 1.68 bits per heavy atom. The highest BCUT2D eigenvalue weighted by Crippen LogP contribution is 2.40. The van der Waals surface area contributed by atoms with Crippen molar-refractivity contribution < 1.29 is 19.1 Å². The number of hydrogen-bond acceptors (Lipinski definition) is 4. The largest absolute Gasteiger partial charge is 0.454 e. The molecular formula is C21H19ClN2O4. The molecule has 2 aromatic carbocycles. The molecule has 2 amide bonds. The molecule has 2 aliphatic rings. The molecule has 0 saturated carbocycles. The lowest BCUT2D eigenvalue weighted by Crippen LogP contribution is -2.50. The SMILES string of the molecule is O=C(/C=C/c1cc(Cl)c2c(c1)OCO2)N1CCN(C(=O)c2ccccc2)CC1. The van der Waals surface area contributed by atoms with Crippen LogP contribution in [0, 0.1) is 0 Å². The Hall–Kier alpha value is -2.99. The minimum atomic E-state index is -0.0967. The summed E-state index contributed by atoms with van der Waals surface area (Å²) in [6.45, 7) is 2.19. The van der Waals surface area contributed by atoms with E-state index in [1.165, 1.54) is 6.08 Å². The van der Waals surface area contributed by atoms with Crippen molar-refractivity contribution in [1.29, 1.82) is 0 Å². The summed E-state index contributed by atoms with van der Waals surface area (Å²) in [6, 6.07) is 12.7. The van der Waals surface area contributed by atoms with Crippen molar-refractivity contribution in [3.8, 4) is 11.5 Å². The number of carbonyl (C=O) groups excluding carboxylic acids is 2. The topological polar surface area (TPSA) is 59.1 Å². The van der Waals surface area contributed by atoms with Gasteiger partial charge in [-0.15, -0.1) is 0 Å². The van der Waals surface area contributed by atoms with Crippen LogP contribution < -0.4 is 9.47 Å². The van der Waals surface area contributed by atoms with E-state index < -0.39 is 0 Å². The van der Waals surface area contributed by atoms with E-state index in [1.54, 1.807) is 40.1 Å². The number of ether oxygens (including phenoxy) is 2. The monoisotopic (exact) mass is 398 g/mol. The quantitative estimate of drug-likeness (QED) is 0.745. The number of benzene rings is 2. The molecule has 1 saturated heterocycles. The molecular weight excluding hydrogens is 380 g/mol. The summed E-state index contributed by atoms with van der Waals surface area (Å²) in [5, 5.41) is 0.454. The van der Waals surface area contributed by atoms with Gasteiger partial charge >= 0.3 is 0 Å². The molecule has 0 aliphatic carbocycles. The Morgan fingerprint density at radius 3 is 2.43 bits per heavy atom. The van der Waals surface area contributed by atoms with E-state index in [9.17, 15) is 9.59 Å². The van der Waals surface area contributed by atoms with Gasteiger partial charge < -0.3 is 19.3 Å². The fraction of sp³-hybridized carbons (Fsp3) is 0.238. The molecule has 0 N–H and O–H groups in total. The van der Waals surface area contributed by atoms with E-state index in [-0.39, 0.29) is 18.6 Å². The first-order valence-electron chi connectivity index (χ1n) is 9.02. The van der Waals surface area contributed by atoms with E-state index >= 15 is 0 Å². The first-order chi connectivity index (χ1) is 13.6. The Bertz CT molecular complexity index is 922. The van der Waals surface area contributed by atoms with Crippen molar-refractivity contribution >= 4 is 29.5 Å². The lowest BCUT2D eigenvalue weighted by atomic mass is 10.1. The number of halogens is 1. The molecule has 2 aliphatic heterocycles. The van der Waals surface area contributed by atoms with Gasteiger partial charge in [-0.1, -0.05) is 29.8 Å². The zero-order valence-corrected chi connectivity index (χ0v) is 15.9. The van der Waals surface area contributed by atoms with Crippen molar-refractivity contribution in [2.45, 2.75) is 0 Å². The third-order valence-electron chi connectivity index (χ3n) is 4.77. The van der Waals surface area contributed by atoms with Gasteiger partial charge in [0.15, 0.2) is 11.5 Å². The number of fused-ring (bicyclic) bond motifs is 1. The van der Waals surface area contributed by atoms with Gasteiger partial charge in [0.25, 0.3) is 5.91 Å². The molecule has 0 radical (unpaired) electrons. The van der Waals surface area contributed by atoms with Gasteiger partial charge in [-0.2, -0.15) is 0 Å². The standard InChI is InChI=1S/C21H19ClN2O4/c22-17-12-15(13-18-20(17)28-14-27-18)6-7-19(25)23-8-10-24(11-9-23)21(26)16-4-2-1-3-5-16/h1-7,12-13H,8-11,14H2/b7-6+. The van der Waals surface area contributed by atoms with Crippen molar-refractivity contribution in [1.82, 2.24) is 9.80 Å². The summed E-state index contributed by atoms with van der Waals surface area (Å²) < 4.78 is 10.6. The second-order valence-electron chi connectivity index (χ2n) is 6.55.